The molecule has 0 saturated carbocycles. The molecule has 2 rings (SSSR count). The molecule has 0 aromatic carbocycles. The highest BCUT2D eigenvalue weighted by atomic mass is 19.1. The van der Waals surface area contributed by atoms with Gasteiger partial charge in [-0.05, 0) is 24.3 Å². The van der Waals surface area contributed by atoms with Crippen LogP contribution in [0.2, 0.25) is 0 Å². The number of halogens is 1. The van der Waals surface area contributed by atoms with E-state index in [1.807, 2.05) is 0 Å². The molecular formula is C10H8FNO2. The molecule has 2 heterocycles. The van der Waals surface area contributed by atoms with Crippen molar-refractivity contribution in [1.29, 1.82) is 0 Å². The van der Waals surface area contributed by atoms with Gasteiger partial charge in [0, 0.05) is 6.20 Å². The number of hydrogen-bond donors (Lipinski definition) is 0. The Morgan fingerprint density at radius 2 is 2.29 bits per heavy atom. The summed E-state index contributed by atoms with van der Waals surface area (Å²) in [6, 6.07) is 6.64. The second kappa shape index (κ2) is 3.91. The van der Waals surface area contributed by atoms with Crippen LogP contribution < -0.4 is 4.74 Å². The zero-order valence-electron chi connectivity index (χ0n) is 7.31. The van der Waals surface area contributed by atoms with E-state index in [1.54, 1.807) is 18.2 Å². The van der Waals surface area contributed by atoms with E-state index in [-0.39, 0.29) is 12.4 Å². The zero-order valence-corrected chi connectivity index (χ0v) is 7.31. The number of aromatic nitrogens is 1. The van der Waals surface area contributed by atoms with Crippen molar-refractivity contribution in [3.05, 3.63) is 48.4 Å². The van der Waals surface area contributed by atoms with E-state index in [9.17, 15) is 4.39 Å². The number of hydrogen-bond acceptors (Lipinski definition) is 3. The molecule has 14 heavy (non-hydrogen) atoms. The Labute approximate surface area is 80.1 Å². The summed E-state index contributed by atoms with van der Waals surface area (Å²) in [6.45, 7) is 0.204. The standard InChI is InChI=1S/C10H8FNO2/c11-10-9(4-1-5-12-10)14-7-8-3-2-6-13-8/h1-6H,7H2. The number of pyridine rings is 1. The van der Waals surface area contributed by atoms with Gasteiger partial charge in [-0.2, -0.15) is 4.39 Å². The Morgan fingerprint density at radius 1 is 1.36 bits per heavy atom. The molecule has 0 fully saturated rings. The summed E-state index contributed by atoms with van der Waals surface area (Å²) in [5.41, 5.74) is 0. The van der Waals surface area contributed by atoms with E-state index in [1.165, 1.54) is 18.5 Å². The summed E-state index contributed by atoms with van der Waals surface area (Å²) in [7, 11) is 0. The van der Waals surface area contributed by atoms with Gasteiger partial charge >= 0.3 is 0 Å². The first-order valence-corrected chi connectivity index (χ1v) is 4.12. The van der Waals surface area contributed by atoms with E-state index in [4.69, 9.17) is 9.15 Å². The molecule has 0 amide bonds. The molecule has 4 heteroatoms. The Morgan fingerprint density at radius 3 is 3.00 bits per heavy atom. The Hall–Kier alpha value is -1.84. The van der Waals surface area contributed by atoms with Gasteiger partial charge in [-0.25, -0.2) is 4.98 Å². The lowest BCUT2D eigenvalue weighted by atomic mass is 10.4. The summed E-state index contributed by atoms with van der Waals surface area (Å²) < 4.78 is 23.1. The van der Waals surface area contributed by atoms with Crippen molar-refractivity contribution in [2.24, 2.45) is 0 Å². The van der Waals surface area contributed by atoms with E-state index < -0.39 is 5.95 Å². The van der Waals surface area contributed by atoms with Crippen LogP contribution in [0.25, 0.3) is 0 Å². The summed E-state index contributed by atoms with van der Waals surface area (Å²) in [5.74, 6) is 0.163. The molecule has 72 valence electrons. The monoisotopic (exact) mass is 193 g/mol. The molecule has 0 spiro atoms. The zero-order chi connectivity index (χ0) is 9.80. The second-order valence-corrected chi connectivity index (χ2v) is 2.66. The lowest BCUT2D eigenvalue weighted by Gasteiger charge is -2.03. The molecule has 2 aromatic rings. The SMILES string of the molecule is Fc1ncccc1OCc1ccco1. The van der Waals surface area contributed by atoms with Crippen molar-refractivity contribution in [1.82, 2.24) is 4.98 Å². The molecule has 0 unspecified atom stereocenters. The van der Waals surface area contributed by atoms with E-state index >= 15 is 0 Å². The predicted octanol–water partition coefficient (Wildman–Crippen LogP) is 2.39. The average Bonchev–Trinajstić information content (AvgIpc) is 2.69. The fraction of sp³-hybridized carbons (Fsp3) is 0.100. The minimum Gasteiger partial charge on any atom is -0.481 e. The highest BCUT2D eigenvalue weighted by Gasteiger charge is 2.03. The summed E-state index contributed by atoms with van der Waals surface area (Å²) >= 11 is 0. The van der Waals surface area contributed by atoms with Gasteiger partial charge in [0.2, 0.25) is 0 Å². The highest BCUT2D eigenvalue weighted by Crippen LogP contribution is 2.14. The Balaban J connectivity index is 2.02. The number of ether oxygens (including phenoxy) is 1. The molecule has 0 radical (unpaired) electrons. The molecule has 0 aliphatic heterocycles. The first kappa shape index (κ1) is 8.74. The molecule has 0 bridgehead atoms. The van der Waals surface area contributed by atoms with Crippen LogP contribution in [0.4, 0.5) is 4.39 Å². The molecule has 0 aliphatic rings. The maximum absolute atomic E-state index is 13.0. The highest BCUT2D eigenvalue weighted by molar-refractivity contribution is 5.18. The van der Waals surface area contributed by atoms with Gasteiger partial charge in [0.15, 0.2) is 5.75 Å². The predicted molar refractivity (Wildman–Crippen MR) is 47.2 cm³/mol. The van der Waals surface area contributed by atoms with Gasteiger partial charge < -0.3 is 9.15 Å². The maximum atomic E-state index is 13.0. The van der Waals surface area contributed by atoms with Crippen molar-refractivity contribution in [3.8, 4) is 5.75 Å². The third kappa shape index (κ3) is 1.90. The topological polar surface area (TPSA) is 35.3 Å². The lowest BCUT2D eigenvalue weighted by Crippen LogP contribution is -1.97. The van der Waals surface area contributed by atoms with Gasteiger partial charge in [-0.3, -0.25) is 0 Å². The van der Waals surface area contributed by atoms with Crippen molar-refractivity contribution in [2.75, 3.05) is 0 Å². The fourth-order valence-corrected chi connectivity index (χ4v) is 1.02. The average molecular weight is 193 g/mol. The molecule has 0 atom stereocenters. The van der Waals surface area contributed by atoms with Crippen LogP contribution in [0.3, 0.4) is 0 Å². The van der Waals surface area contributed by atoms with Crippen LogP contribution in [0.5, 0.6) is 5.75 Å². The molecule has 2 aromatic heterocycles. The fourth-order valence-electron chi connectivity index (χ4n) is 1.02. The first-order valence-electron chi connectivity index (χ1n) is 4.12. The third-order valence-corrected chi connectivity index (χ3v) is 1.67. The van der Waals surface area contributed by atoms with Crippen molar-refractivity contribution >= 4 is 0 Å². The van der Waals surface area contributed by atoms with Gasteiger partial charge in [0.25, 0.3) is 5.95 Å². The number of rotatable bonds is 3. The van der Waals surface area contributed by atoms with Crippen LogP contribution in [-0.2, 0) is 6.61 Å². The number of nitrogens with zero attached hydrogens (tertiary/aromatic N) is 1. The quantitative estimate of drug-likeness (QED) is 0.702. The summed E-state index contributed by atoms with van der Waals surface area (Å²) in [6.07, 6.45) is 2.91. The van der Waals surface area contributed by atoms with Crippen LogP contribution in [-0.4, -0.2) is 4.98 Å². The smallest absolute Gasteiger partial charge is 0.255 e. The van der Waals surface area contributed by atoms with Gasteiger partial charge in [0.1, 0.15) is 12.4 Å². The second-order valence-electron chi connectivity index (χ2n) is 2.66. The van der Waals surface area contributed by atoms with Crippen molar-refractivity contribution < 1.29 is 13.5 Å². The maximum Gasteiger partial charge on any atom is 0.255 e. The van der Waals surface area contributed by atoms with Crippen molar-refractivity contribution in [3.63, 3.8) is 0 Å². The Kier molecular flexibility index (Phi) is 2.44. The van der Waals surface area contributed by atoms with Crippen LogP contribution in [0.1, 0.15) is 5.76 Å². The minimum atomic E-state index is -0.612. The van der Waals surface area contributed by atoms with Crippen LogP contribution in [0.15, 0.2) is 41.1 Å². The number of furan rings is 1. The van der Waals surface area contributed by atoms with Crippen LogP contribution in [0, 0.1) is 5.95 Å². The third-order valence-electron chi connectivity index (χ3n) is 1.67. The van der Waals surface area contributed by atoms with E-state index in [2.05, 4.69) is 4.98 Å². The summed E-state index contributed by atoms with van der Waals surface area (Å²) in [4.78, 5) is 3.46. The van der Waals surface area contributed by atoms with E-state index in [0.29, 0.717) is 5.76 Å². The first-order chi connectivity index (χ1) is 6.86. The normalized spacial score (nSPS) is 10.1. The molecule has 3 nitrogen and oxygen atoms in total. The van der Waals surface area contributed by atoms with Crippen molar-refractivity contribution in [2.45, 2.75) is 6.61 Å². The molecule has 0 saturated heterocycles. The molecule has 0 aliphatic carbocycles. The van der Waals surface area contributed by atoms with E-state index in [0.717, 1.165) is 0 Å². The van der Waals surface area contributed by atoms with Gasteiger partial charge in [0.05, 0.1) is 6.26 Å². The minimum absolute atomic E-state index is 0.129. The summed E-state index contributed by atoms with van der Waals surface area (Å²) in [5, 5.41) is 0. The van der Waals surface area contributed by atoms with Gasteiger partial charge in [-0.15, -0.1) is 0 Å². The lowest BCUT2D eigenvalue weighted by molar-refractivity contribution is 0.255. The van der Waals surface area contributed by atoms with Crippen LogP contribution >= 0.6 is 0 Å². The Bertz CT molecular complexity index is 400. The largest absolute Gasteiger partial charge is 0.481 e. The molecular weight excluding hydrogens is 185 g/mol. The molecule has 0 N–H and O–H groups in total. The van der Waals surface area contributed by atoms with Gasteiger partial charge in [-0.1, -0.05) is 0 Å².